The van der Waals surface area contributed by atoms with E-state index in [0.717, 1.165) is 11.6 Å². The van der Waals surface area contributed by atoms with Gasteiger partial charge >= 0.3 is 0 Å². The Balaban J connectivity index is 2.31. The monoisotopic (exact) mass is 332 g/mol. The summed E-state index contributed by atoms with van der Waals surface area (Å²) >= 11 is 9.06. The van der Waals surface area contributed by atoms with Gasteiger partial charge in [-0.2, -0.15) is 0 Å². The van der Waals surface area contributed by atoms with Crippen molar-refractivity contribution in [1.82, 2.24) is 0 Å². The molecule has 5 heteroatoms. The van der Waals surface area contributed by atoms with E-state index in [1.807, 2.05) is 0 Å². The van der Waals surface area contributed by atoms with Crippen LogP contribution in [0.2, 0.25) is 5.02 Å². The van der Waals surface area contributed by atoms with E-state index in [1.165, 1.54) is 24.3 Å². The molecule has 0 radical (unpaired) electrons. The molecule has 0 aromatic heterocycles. The molecule has 0 fully saturated rings. The summed E-state index contributed by atoms with van der Waals surface area (Å²) in [6.45, 7) is 0. The third-order valence-corrected chi connectivity index (χ3v) is 3.22. The summed E-state index contributed by atoms with van der Waals surface area (Å²) in [7, 11) is 0. The van der Waals surface area contributed by atoms with Gasteiger partial charge in [0.1, 0.15) is 11.6 Å². The van der Waals surface area contributed by atoms with Gasteiger partial charge < -0.3 is 4.74 Å². The highest BCUT2D eigenvalue weighted by Gasteiger charge is 2.09. The van der Waals surface area contributed by atoms with Gasteiger partial charge in [-0.1, -0.05) is 33.6 Å². The van der Waals surface area contributed by atoms with Crippen LogP contribution in [0.15, 0.2) is 36.4 Å². The molecule has 0 aliphatic rings. The SMILES string of the molecule is Fc1ccc(Cl)c(Oc2ccc(CBr)cc2F)c1. The van der Waals surface area contributed by atoms with E-state index >= 15 is 0 Å². The number of alkyl halides is 1. The van der Waals surface area contributed by atoms with E-state index in [4.69, 9.17) is 16.3 Å². The summed E-state index contributed by atoms with van der Waals surface area (Å²) in [5.74, 6) is -0.923. The Bertz CT molecular complexity index is 575. The Labute approximate surface area is 116 Å². The maximum atomic E-state index is 13.7. The van der Waals surface area contributed by atoms with Crippen LogP contribution in [-0.2, 0) is 5.33 Å². The minimum Gasteiger partial charge on any atom is -0.453 e. The molecule has 0 aliphatic carbocycles. The molecule has 0 spiro atoms. The molecule has 1 nitrogen and oxygen atoms in total. The first kappa shape index (κ1) is 13.3. The number of rotatable bonds is 3. The van der Waals surface area contributed by atoms with Gasteiger partial charge in [-0.25, -0.2) is 8.78 Å². The standard InChI is InChI=1S/C13H8BrClF2O/c14-7-8-1-4-12(11(17)5-8)18-13-6-9(16)2-3-10(13)15/h1-6H,7H2. The lowest BCUT2D eigenvalue weighted by atomic mass is 10.2. The lowest BCUT2D eigenvalue weighted by Gasteiger charge is -2.09. The van der Waals surface area contributed by atoms with Crippen LogP contribution < -0.4 is 4.74 Å². The number of ether oxygens (including phenoxy) is 1. The van der Waals surface area contributed by atoms with Crippen molar-refractivity contribution in [2.45, 2.75) is 5.33 Å². The molecule has 0 heterocycles. The smallest absolute Gasteiger partial charge is 0.166 e. The highest BCUT2D eigenvalue weighted by molar-refractivity contribution is 9.08. The third-order valence-electron chi connectivity index (χ3n) is 2.26. The molecule has 94 valence electrons. The van der Waals surface area contributed by atoms with Gasteiger partial charge in [0.25, 0.3) is 0 Å². The maximum absolute atomic E-state index is 13.7. The number of halogens is 4. The van der Waals surface area contributed by atoms with Gasteiger partial charge in [0, 0.05) is 11.4 Å². The largest absolute Gasteiger partial charge is 0.453 e. The predicted octanol–water partition coefficient (Wildman–Crippen LogP) is 5.31. The molecule has 2 rings (SSSR count). The molecule has 0 amide bonds. The maximum Gasteiger partial charge on any atom is 0.166 e. The van der Waals surface area contributed by atoms with E-state index in [9.17, 15) is 8.78 Å². The predicted molar refractivity (Wildman–Crippen MR) is 70.5 cm³/mol. The molecule has 0 atom stereocenters. The highest BCUT2D eigenvalue weighted by Crippen LogP contribution is 2.31. The minimum absolute atomic E-state index is 0.00667. The molecule has 0 saturated carbocycles. The molecule has 0 unspecified atom stereocenters. The van der Waals surface area contributed by atoms with E-state index in [-0.39, 0.29) is 16.5 Å². The van der Waals surface area contributed by atoms with Crippen molar-refractivity contribution in [1.29, 1.82) is 0 Å². The molecule has 0 aliphatic heterocycles. The molecular weight excluding hydrogens is 325 g/mol. The molecule has 0 bridgehead atoms. The van der Waals surface area contributed by atoms with Gasteiger partial charge in [0.05, 0.1) is 5.02 Å². The highest BCUT2D eigenvalue weighted by atomic mass is 79.9. The zero-order valence-corrected chi connectivity index (χ0v) is 11.4. The van der Waals surface area contributed by atoms with E-state index in [1.54, 1.807) is 6.07 Å². The fraction of sp³-hybridized carbons (Fsp3) is 0.0769. The topological polar surface area (TPSA) is 9.23 Å². The first-order valence-corrected chi connectivity index (χ1v) is 6.57. The molecule has 2 aromatic carbocycles. The van der Waals surface area contributed by atoms with Crippen molar-refractivity contribution in [3.63, 3.8) is 0 Å². The summed E-state index contributed by atoms with van der Waals surface area (Å²) in [6.07, 6.45) is 0. The summed E-state index contributed by atoms with van der Waals surface area (Å²) in [4.78, 5) is 0. The molecule has 0 N–H and O–H groups in total. The minimum atomic E-state index is -0.521. The molecule has 18 heavy (non-hydrogen) atoms. The average Bonchev–Trinajstić information content (AvgIpc) is 2.36. The Morgan fingerprint density at radius 1 is 1.06 bits per heavy atom. The van der Waals surface area contributed by atoms with Crippen LogP contribution in [0.1, 0.15) is 5.56 Å². The lowest BCUT2D eigenvalue weighted by Crippen LogP contribution is -1.91. The van der Waals surface area contributed by atoms with Crippen LogP contribution in [-0.4, -0.2) is 0 Å². The third kappa shape index (κ3) is 3.00. The van der Waals surface area contributed by atoms with Crippen molar-refractivity contribution in [3.8, 4) is 11.5 Å². The van der Waals surface area contributed by atoms with Crippen molar-refractivity contribution in [2.75, 3.05) is 0 Å². The van der Waals surface area contributed by atoms with Gasteiger partial charge in [0.15, 0.2) is 11.6 Å². The van der Waals surface area contributed by atoms with Crippen molar-refractivity contribution < 1.29 is 13.5 Å². The Morgan fingerprint density at radius 3 is 2.50 bits per heavy atom. The zero-order valence-electron chi connectivity index (χ0n) is 9.09. The van der Waals surface area contributed by atoms with Gasteiger partial charge in [-0.05, 0) is 29.8 Å². The molecule has 0 saturated heterocycles. The molecular formula is C13H8BrClF2O. The zero-order chi connectivity index (χ0) is 13.1. The van der Waals surface area contributed by atoms with Gasteiger partial charge in [-0.15, -0.1) is 0 Å². The van der Waals surface area contributed by atoms with E-state index < -0.39 is 11.6 Å². The van der Waals surface area contributed by atoms with Gasteiger partial charge in [-0.3, -0.25) is 0 Å². The van der Waals surface area contributed by atoms with Crippen molar-refractivity contribution in [3.05, 3.63) is 58.6 Å². The Hall–Kier alpha value is -1.13. The Morgan fingerprint density at radius 2 is 1.83 bits per heavy atom. The van der Waals surface area contributed by atoms with E-state index in [0.29, 0.717) is 5.33 Å². The fourth-order valence-corrected chi connectivity index (χ4v) is 1.89. The Kier molecular flexibility index (Phi) is 4.19. The number of hydrogen-bond acceptors (Lipinski definition) is 1. The number of hydrogen-bond donors (Lipinski definition) is 0. The van der Waals surface area contributed by atoms with Crippen LogP contribution >= 0.6 is 27.5 Å². The summed E-state index contributed by atoms with van der Waals surface area (Å²) in [5.41, 5.74) is 0.783. The quantitative estimate of drug-likeness (QED) is 0.692. The van der Waals surface area contributed by atoms with Crippen LogP contribution in [0, 0.1) is 11.6 Å². The normalized spacial score (nSPS) is 10.4. The fourth-order valence-electron chi connectivity index (χ4n) is 1.38. The lowest BCUT2D eigenvalue weighted by molar-refractivity contribution is 0.438. The van der Waals surface area contributed by atoms with Crippen LogP contribution in [0.3, 0.4) is 0 Å². The van der Waals surface area contributed by atoms with Crippen LogP contribution in [0.5, 0.6) is 11.5 Å². The first-order chi connectivity index (χ1) is 8.60. The second-order valence-corrected chi connectivity index (χ2v) is 4.54. The van der Waals surface area contributed by atoms with Crippen LogP contribution in [0.25, 0.3) is 0 Å². The van der Waals surface area contributed by atoms with Crippen molar-refractivity contribution in [2.24, 2.45) is 0 Å². The average molecular weight is 334 g/mol. The summed E-state index contributed by atoms with van der Waals surface area (Å²) < 4.78 is 32.0. The second-order valence-electron chi connectivity index (χ2n) is 3.58. The number of benzene rings is 2. The van der Waals surface area contributed by atoms with Gasteiger partial charge in [0.2, 0.25) is 0 Å². The van der Waals surface area contributed by atoms with Crippen LogP contribution in [0.4, 0.5) is 8.78 Å². The molecule has 2 aromatic rings. The second kappa shape index (κ2) is 5.67. The van der Waals surface area contributed by atoms with E-state index in [2.05, 4.69) is 15.9 Å². The first-order valence-electron chi connectivity index (χ1n) is 5.07. The summed E-state index contributed by atoms with van der Waals surface area (Å²) in [6, 6.07) is 8.21. The van der Waals surface area contributed by atoms with Crippen molar-refractivity contribution >= 4 is 27.5 Å². The summed E-state index contributed by atoms with van der Waals surface area (Å²) in [5, 5.41) is 0.769.